The second-order valence-electron chi connectivity index (χ2n) is 11.5. The van der Waals surface area contributed by atoms with Crippen molar-refractivity contribution < 1.29 is 33.0 Å². The topological polar surface area (TPSA) is 241 Å². The van der Waals surface area contributed by atoms with Gasteiger partial charge in [-0.05, 0) is 49.4 Å². The van der Waals surface area contributed by atoms with Crippen LogP contribution in [0.3, 0.4) is 0 Å². The van der Waals surface area contributed by atoms with Gasteiger partial charge in [-0.2, -0.15) is 10.1 Å². The lowest BCUT2D eigenvalue weighted by Gasteiger charge is -2.07. The van der Waals surface area contributed by atoms with Crippen molar-refractivity contribution in [2.45, 2.75) is 64.3 Å². The lowest BCUT2D eigenvalue weighted by molar-refractivity contribution is -0.120. The van der Waals surface area contributed by atoms with Crippen LogP contribution in [0.25, 0.3) is 43.8 Å². The number of Topliss-reactive ketones (excluding diaryl/α,β-unsaturated/α-hetero) is 2. The van der Waals surface area contributed by atoms with E-state index < -0.39 is 0 Å². The molecule has 17 heteroatoms. The first-order valence-corrected chi connectivity index (χ1v) is 16.9. The molecule has 0 bridgehead atoms. The van der Waals surface area contributed by atoms with Crippen LogP contribution >= 0.6 is 0 Å². The third-order valence-corrected chi connectivity index (χ3v) is 7.73. The van der Waals surface area contributed by atoms with Crippen molar-refractivity contribution in [1.29, 1.82) is 0 Å². The zero-order valence-corrected chi connectivity index (χ0v) is 28.3. The molecule has 50 heavy (non-hydrogen) atoms. The Morgan fingerprint density at radius 3 is 2.20 bits per heavy atom. The van der Waals surface area contributed by atoms with E-state index in [0.29, 0.717) is 138 Å². The molecular weight excluding hydrogens is 648 g/mol. The SMILES string of the molecule is [N-]=[N+]=NCCOCCOCCOCCOCCCC(=O)CCCC(=O)CCCCCn1nc(-c2ccc3oc(N)nc3c2)c2c(N)ncnc21. The smallest absolute Gasteiger partial charge is 0.292 e. The van der Waals surface area contributed by atoms with Crippen molar-refractivity contribution in [3.8, 4) is 11.3 Å². The highest BCUT2D eigenvalue weighted by atomic mass is 16.6. The molecule has 0 radical (unpaired) electrons. The maximum absolute atomic E-state index is 12.4. The quantitative estimate of drug-likeness (QED) is 0.0368. The molecule has 0 unspecified atom stereocenters. The fourth-order valence-corrected chi connectivity index (χ4v) is 5.26. The van der Waals surface area contributed by atoms with Crippen molar-refractivity contribution in [2.24, 2.45) is 5.11 Å². The largest absolute Gasteiger partial charge is 0.424 e. The molecule has 0 saturated heterocycles. The average molecular weight is 695 g/mol. The Hall–Kier alpha value is -4.67. The van der Waals surface area contributed by atoms with Crippen molar-refractivity contribution in [3.63, 3.8) is 0 Å². The van der Waals surface area contributed by atoms with Gasteiger partial charge in [-0.15, -0.1) is 0 Å². The molecule has 270 valence electrons. The molecule has 4 rings (SSSR count). The first-order valence-electron chi connectivity index (χ1n) is 16.9. The Balaban J connectivity index is 1.01. The van der Waals surface area contributed by atoms with E-state index in [2.05, 4.69) is 25.0 Å². The minimum Gasteiger partial charge on any atom is -0.424 e. The van der Waals surface area contributed by atoms with Crippen LogP contribution in [-0.2, 0) is 35.1 Å². The standard InChI is InChI=1S/C33H46N10O7/c34-31-29-30(24-10-11-28-27(22-24)40-33(35)50-28)41-43(32(29)38-23-37-31)13-3-1-2-6-25(44)7-4-8-26(45)9-5-14-46-16-18-48-20-21-49-19-17-47-15-12-39-42-36/h10-11,22-23H,1-9,12-21H2,(H2,35,40)(H2,34,37,38). The average Bonchev–Trinajstić information content (AvgIpc) is 3.67. The summed E-state index contributed by atoms with van der Waals surface area (Å²) >= 11 is 0. The molecule has 4 aromatic rings. The molecule has 3 aromatic heterocycles. The number of nitrogens with zero attached hydrogens (tertiary/aromatic N) is 8. The number of hydrogen-bond donors (Lipinski definition) is 2. The van der Waals surface area contributed by atoms with Gasteiger partial charge in [0.2, 0.25) is 0 Å². The van der Waals surface area contributed by atoms with E-state index in [1.54, 1.807) is 6.07 Å². The number of ether oxygens (including phenoxy) is 4. The highest BCUT2D eigenvalue weighted by Crippen LogP contribution is 2.32. The van der Waals surface area contributed by atoms with E-state index in [-0.39, 0.29) is 17.6 Å². The normalized spacial score (nSPS) is 11.4. The summed E-state index contributed by atoms with van der Waals surface area (Å²) in [6, 6.07) is 5.61. The number of fused-ring (bicyclic) bond motifs is 2. The number of ketones is 2. The monoisotopic (exact) mass is 694 g/mol. The first-order chi connectivity index (χ1) is 24.5. The summed E-state index contributed by atoms with van der Waals surface area (Å²) in [7, 11) is 0. The molecule has 0 atom stereocenters. The van der Waals surface area contributed by atoms with Crippen molar-refractivity contribution in [3.05, 3.63) is 35.0 Å². The van der Waals surface area contributed by atoms with Crippen molar-refractivity contribution in [2.75, 3.05) is 70.9 Å². The summed E-state index contributed by atoms with van der Waals surface area (Å²) in [5.41, 5.74) is 23.4. The van der Waals surface area contributed by atoms with Crippen molar-refractivity contribution >= 4 is 45.5 Å². The third kappa shape index (κ3) is 12.7. The zero-order valence-electron chi connectivity index (χ0n) is 28.3. The predicted octanol–water partition coefficient (Wildman–Crippen LogP) is 4.82. The molecule has 0 aliphatic rings. The number of nitrogen functional groups attached to an aromatic ring is 2. The lowest BCUT2D eigenvalue weighted by atomic mass is 10.0. The number of rotatable bonds is 27. The van der Waals surface area contributed by atoms with Crippen LogP contribution in [-0.4, -0.2) is 95.7 Å². The Kier molecular flexibility index (Phi) is 16.3. The summed E-state index contributed by atoms with van der Waals surface area (Å²) in [5, 5.41) is 8.85. The summed E-state index contributed by atoms with van der Waals surface area (Å²) in [6.07, 6.45) is 6.83. The van der Waals surface area contributed by atoms with E-state index in [1.807, 2.05) is 16.8 Å². The number of azide groups is 1. The summed E-state index contributed by atoms with van der Waals surface area (Å²) in [6.45, 7) is 4.47. The number of hydrogen-bond acceptors (Lipinski definition) is 14. The molecule has 0 spiro atoms. The van der Waals surface area contributed by atoms with Crippen LogP contribution in [0, 0.1) is 0 Å². The van der Waals surface area contributed by atoms with Gasteiger partial charge in [0, 0.05) is 55.9 Å². The Morgan fingerprint density at radius 1 is 0.820 bits per heavy atom. The number of unbranched alkanes of at least 4 members (excludes halogenated alkanes) is 2. The number of benzene rings is 1. The van der Waals surface area contributed by atoms with Crippen LogP contribution < -0.4 is 11.5 Å². The van der Waals surface area contributed by atoms with Gasteiger partial charge in [0.05, 0.1) is 51.6 Å². The number of aromatic nitrogens is 5. The van der Waals surface area contributed by atoms with E-state index in [1.165, 1.54) is 6.33 Å². The van der Waals surface area contributed by atoms with Crippen LogP contribution in [0.2, 0.25) is 0 Å². The first kappa shape index (κ1) is 38.1. The number of carbonyl (C=O) groups excluding carboxylic acids is 2. The summed E-state index contributed by atoms with van der Waals surface area (Å²) in [4.78, 5) is 40.1. The second-order valence-corrected chi connectivity index (χ2v) is 11.5. The molecule has 0 fully saturated rings. The maximum atomic E-state index is 12.4. The van der Waals surface area contributed by atoms with Gasteiger partial charge in [0.1, 0.15) is 34.9 Å². The van der Waals surface area contributed by atoms with Gasteiger partial charge in [0.15, 0.2) is 11.2 Å². The van der Waals surface area contributed by atoms with E-state index in [0.717, 1.165) is 24.8 Å². The predicted molar refractivity (Wildman–Crippen MR) is 186 cm³/mol. The van der Waals surface area contributed by atoms with Gasteiger partial charge in [0.25, 0.3) is 6.01 Å². The molecule has 3 heterocycles. The number of aryl methyl sites for hydroxylation is 1. The molecule has 17 nitrogen and oxygen atoms in total. The Morgan fingerprint density at radius 2 is 1.48 bits per heavy atom. The third-order valence-electron chi connectivity index (χ3n) is 7.73. The molecule has 0 aliphatic carbocycles. The van der Waals surface area contributed by atoms with E-state index in [9.17, 15) is 9.59 Å². The van der Waals surface area contributed by atoms with E-state index in [4.69, 9.17) is 45.5 Å². The highest BCUT2D eigenvalue weighted by molar-refractivity contribution is 5.99. The number of anilines is 2. The molecule has 0 amide bonds. The Bertz CT molecular complexity index is 1700. The van der Waals surface area contributed by atoms with Crippen LogP contribution in [0.1, 0.15) is 57.8 Å². The minimum absolute atomic E-state index is 0.0964. The second kappa shape index (κ2) is 21.4. The summed E-state index contributed by atoms with van der Waals surface area (Å²) < 4.78 is 28.8. The molecule has 0 saturated carbocycles. The molecule has 4 N–H and O–H groups in total. The van der Waals surface area contributed by atoms with Crippen LogP contribution in [0.15, 0.2) is 34.1 Å². The Labute approximate surface area is 289 Å². The zero-order chi connectivity index (χ0) is 35.4. The van der Waals surface area contributed by atoms with Gasteiger partial charge in [-0.25, -0.2) is 14.6 Å². The van der Waals surface area contributed by atoms with Gasteiger partial charge in [-0.3, -0.25) is 9.59 Å². The van der Waals surface area contributed by atoms with Gasteiger partial charge >= 0.3 is 0 Å². The van der Waals surface area contributed by atoms with Gasteiger partial charge in [-0.1, -0.05) is 11.5 Å². The number of oxazole rings is 1. The van der Waals surface area contributed by atoms with Crippen molar-refractivity contribution in [1.82, 2.24) is 24.7 Å². The molecule has 1 aromatic carbocycles. The number of nitrogens with two attached hydrogens (primary N) is 2. The summed E-state index contributed by atoms with van der Waals surface area (Å²) in [5.74, 6) is 0.671. The highest BCUT2D eigenvalue weighted by Gasteiger charge is 2.18. The maximum Gasteiger partial charge on any atom is 0.292 e. The number of carbonyl (C=O) groups is 2. The van der Waals surface area contributed by atoms with Crippen LogP contribution in [0.5, 0.6) is 0 Å². The molecule has 0 aliphatic heterocycles. The molecular formula is C33H46N10O7. The fraction of sp³-hybridized carbons (Fsp3) is 0.576. The van der Waals surface area contributed by atoms with E-state index >= 15 is 0 Å². The fourth-order valence-electron chi connectivity index (χ4n) is 5.26. The van der Waals surface area contributed by atoms with Crippen LogP contribution in [0.4, 0.5) is 11.8 Å². The minimum atomic E-state index is 0.0964. The van der Waals surface area contributed by atoms with Gasteiger partial charge < -0.3 is 34.8 Å². The lowest BCUT2D eigenvalue weighted by Crippen LogP contribution is -2.12.